The molecule has 1 amide bonds. The number of nitrogens with zero attached hydrogens (tertiary/aromatic N) is 3. The number of aliphatic hydroxyl groups is 1. The third-order valence-electron chi connectivity index (χ3n) is 6.55. The molecule has 4 rings (SSSR count). The fraction of sp³-hybridized carbons (Fsp3) is 0.414. The van der Waals surface area contributed by atoms with Crippen molar-refractivity contribution in [3.8, 4) is 23.1 Å². The highest BCUT2D eigenvalue weighted by molar-refractivity contribution is 5.95. The molecule has 1 aromatic heterocycles. The van der Waals surface area contributed by atoms with Gasteiger partial charge in [-0.3, -0.25) is 4.79 Å². The molecule has 0 spiro atoms. The molecule has 0 fully saturated rings. The van der Waals surface area contributed by atoms with Crippen molar-refractivity contribution in [1.29, 1.82) is 5.26 Å². The zero-order valence-corrected chi connectivity index (χ0v) is 21.2. The summed E-state index contributed by atoms with van der Waals surface area (Å²) in [5, 5.41) is 22.1. The minimum atomic E-state index is -0.282. The van der Waals surface area contributed by atoms with Crippen LogP contribution in [0.3, 0.4) is 0 Å². The SMILES string of the molecule is CC(C)Oc1ccc(C(=O)NC(CCO)Cc2ccc(-c3cn4c(n3)C(C)CCC4)cc2)cc1C#N. The largest absolute Gasteiger partial charge is 0.490 e. The van der Waals surface area contributed by atoms with Crippen LogP contribution in [-0.4, -0.2) is 39.3 Å². The summed E-state index contributed by atoms with van der Waals surface area (Å²) in [6, 6.07) is 15.0. The van der Waals surface area contributed by atoms with E-state index in [0.29, 0.717) is 35.6 Å². The average Bonchev–Trinajstić information content (AvgIpc) is 3.30. The standard InChI is InChI=1S/C29H34N4O3/c1-19(2)36-27-11-10-23(16-24(27)17-30)29(35)31-25(12-14-34)15-21-6-8-22(9-7-21)26-18-33-13-4-5-20(3)28(33)32-26/h6-11,16,18-20,25,34H,4-5,12-15H2,1-3H3,(H,31,35). The van der Waals surface area contributed by atoms with E-state index in [0.717, 1.165) is 29.2 Å². The maximum atomic E-state index is 12.9. The maximum Gasteiger partial charge on any atom is 0.251 e. The Hall–Kier alpha value is -3.63. The van der Waals surface area contributed by atoms with Crippen LogP contribution < -0.4 is 10.1 Å². The highest BCUT2D eigenvalue weighted by Crippen LogP contribution is 2.29. The van der Waals surface area contributed by atoms with Gasteiger partial charge in [-0.1, -0.05) is 31.2 Å². The maximum absolute atomic E-state index is 12.9. The van der Waals surface area contributed by atoms with Crippen LogP contribution in [0.2, 0.25) is 0 Å². The van der Waals surface area contributed by atoms with Crippen molar-refractivity contribution < 1.29 is 14.6 Å². The summed E-state index contributed by atoms with van der Waals surface area (Å²) < 4.78 is 7.91. The first kappa shape index (κ1) is 25.5. The molecule has 0 saturated carbocycles. The molecule has 7 heteroatoms. The molecule has 2 unspecified atom stereocenters. The Morgan fingerprint density at radius 3 is 2.72 bits per heavy atom. The molecule has 0 saturated heterocycles. The van der Waals surface area contributed by atoms with E-state index in [-0.39, 0.29) is 24.7 Å². The number of imidazole rings is 1. The second-order valence-corrected chi connectivity index (χ2v) is 9.79. The zero-order chi connectivity index (χ0) is 25.7. The van der Waals surface area contributed by atoms with Crippen LogP contribution in [0.5, 0.6) is 5.75 Å². The topological polar surface area (TPSA) is 100 Å². The van der Waals surface area contributed by atoms with Crippen molar-refractivity contribution in [2.24, 2.45) is 0 Å². The molecule has 1 aliphatic rings. The summed E-state index contributed by atoms with van der Waals surface area (Å²) >= 11 is 0. The van der Waals surface area contributed by atoms with Gasteiger partial charge >= 0.3 is 0 Å². The molecule has 2 atom stereocenters. The monoisotopic (exact) mass is 486 g/mol. The van der Waals surface area contributed by atoms with E-state index in [4.69, 9.17) is 9.72 Å². The molecule has 0 bridgehead atoms. The first-order valence-electron chi connectivity index (χ1n) is 12.7. The number of nitriles is 1. The minimum Gasteiger partial charge on any atom is -0.490 e. The van der Waals surface area contributed by atoms with Crippen molar-refractivity contribution in [2.75, 3.05) is 6.61 Å². The van der Waals surface area contributed by atoms with E-state index in [1.807, 2.05) is 13.8 Å². The lowest BCUT2D eigenvalue weighted by Gasteiger charge is -2.19. The highest BCUT2D eigenvalue weighted by atomic mass is 16.5. The third-order valence-corrected chi connectivity index (χ3v) is 6.55. The lowest BCUT2D eigenvalue weighted by atomic mass is 10.0. The molecule has 0 radical (unpaired) electrons. The van der Waals surface area contributed by atoms with E-state index in [9.17, 15) is 15.2 Å². The smallest absolute Gasteiger partial charge is 0.251 e. The summed E-state index contributed by atoms with van der Waals surface area (Å²) in [5.41, 5.74) is 3.83. The molecular weight excluding hydrogens is 452 g/mol. The quantitative estimate of drug-likeness (QED) is 0.451. The summed E-state index contributed by atoms with van der Waals surface area (Å²) in [7, 11) is 0. The number of benzene rings is 2. The van der Waals surface area contributed by atoms with Crippen molar-refractivity contribution in [3.05, 3.63) is 71.2 Å². The number of amides is 1. The number of ether oxygens (including phenoxy) is 1. The molecule has 3 aromatic rings. The molecular formula is C29H34N4O3. The second-order valence-electron chi connectivity index (χ2n) is 9.79. The number of aryl methyl sites for hydroxylation is 1. The van der Waals surface area contributed by atoms with Gasteiger partial charge in [0.05, 0.1) is 17.4 Å². The number of hydrogen-bond donors (Lipinski definition) is 2. The number of rotatable bonds is 9. The second kappa shape index (κ2) is 11.4. The first-order valence-corrected chi connectivity index (χ1v) is 12.7. The van der Waals surface area contributed by atoms with Gasteiger partial charge in [-0.15, -0.1) is 0 Å². The molecule has 1 aliphatic heterocycles. The normalized spacial score (nSPS) is 15.7. The highest BCUT2D eigenvalue weighted by Gasteiger charge is 2.20. The van der Waals surface area contributed by atoms with Gasteiger partial charge in [0, 0.05) is 42.4 Å². The Labute approximate surface area is 212 Å². The molecule has 2 heterocycles. The predicted octanol–water partition coefficient (Wildman–Crippen LogP) is 4.83. The number of nitrogens with one attached hydrogen (secondary N) is 1. The Morgan fingerprint density at radius 1 is 1.28 bits per heavy atom. The molecule has 36 heavy (non-hydrogen) atoms. The number of carbonyl (C=O) groups is 1. The van der Waals surface area contributed by atoms with Crippen molar-refractivity contribution >= 4 is 5.91 Å². The number of hydrogen-bond acceptors (Lipinski definition) is 5. The van der Waals surface area contributed by atoms with Crippen LogP contribution >= 0.6 is 0 Å². The van der Waals surface area contributed by atoms with Crippen LogP contribution in [0.15, 0.2) is 48.7 Å². The Kier molecular flexibility index (Phi) is 8.07. The van der Waals surface area contributed by atoms with Crippen LogP contribution in [0.4, 0.5) is 0 Å². The summed E-state index contributed by atoms with van der Waals surface area (Å²) in [5.74, 6) is 1.83. The van der Waals surface area contributed by atoms with Crippen LogP contribution in [0, 0.1) is 11.3 Å². The molecule has 188 valence electrons. The molecule has 2 aromatic carbocycles. The van der Waals surface area contributed by atoms with Gasteiger partial charge in [0.2, 0.25) is 0 Å². The Morgan fingerprint density at radius 2 is 2.06 bits per heavy atom. The summed E-state index contributed by atoms with van der Waals surface area (Å²) in [6.07, 6.45) is 5.46. The Balaban J connectivity index is 1.44. The van der Waals surface area contributed by atoms with Crippen LogP contribution in [-0.2, 0) is 13.0 Å². The molecule has 0 aliphatic carbocycles. The lowest BCUT2D eigenvalue weighted by Crippen LogP contribution is -2.37. The van der Waals surface area contributed by atoms with Crippen molar-refractivity contribution in [3.63, 3.8) is 0 Å². The van der Waals surface area contributed by atoms with E-state index in [2.05, 4.69) is 53.3 Å². The van der Waals surface area contributed by atoms with Crippen LogP contribution in [0.1, 0.15) is 73.3 Å². The first-order chi connectivity index (χ1) is 17.4. The van der Waals surface area contributed by atoms with E-state index in [1.165, 1.54) is 12.8 Å². The van der Waals surface area contributed by atoms with Gasteiger partial charge in [0.25, 0.3) is 5.91 Å². The number of aromatic nitrogens is 2. The third kappa shape index (κ3) is 5.95. The Bertz CT molecular complexity index is 1240. The van der Waals surface area contributed by atoms with Gasteiger partial charge < -0.3 is 19.7 Å². The lowest BCUT2D eigenvalue weighted by molar-refractivity contribution is 0.0930. The zero-order valence-electron chi connectivity index (χ0n) is 21.2. The van der Waals surface area contributed by atoms with Gasteiger partial charge in [-0.25, -0.2) is 4.98 Å². The number of carbonyl (C=O) groups excluding carboxylic acids is 1. The van der Waals surface area contributed by atoms with E-state index < -0.39 is 0 Å². The summed E-state index contributed by atoms with van der Waals surface area (Å²) in [6.45, 7) is 6.99. The summed E-state index contributed by atoms with van der Waals surface area (Å²) in [4.78, 5) is 17.8. The van der Waals surface area contributed by atoms with Gasteiger partial charge in [0.1, 0.15) is 17.6 Å². The number of aliphatic hydroxyl groups excluding tert-OH is 1. The van der Waals surface area contributed by atoms with Gasteiger partial charge in [0.15, 0.2) is 0 Å². The minimum absolute atomic E-state index is 0.0357. The van der Waals surface area contributed by atoms with Gasteiger partial charge in [-0.2, -0.15) is 5.26 Å². The molecule has 2 N–H and O–H groups in total. The number of fused-ring (bicyclic) bond motifs is 1. The van der Waals surface area contributed by atoms with E-state index in [1.54, 1.807) is 18.2 Å². The fourth-order valence-electron chi connectivity index (χ4n) is 4.70. The van der Waals surface area contributed by atoms with E-state index >= 15 is 0 Å². The van der Waals surface area contributed by atoms with Crippen molar-refractivity contribution in [2.45, 2.75) is 71.1 Å². The predicted molar refractivity (Wildman–Crippen MR) is 139 cm³/mol. The van der Waals surface area contributed by atoms with Crippen molar-refractivity contribution in [1.82, 2.24) is 14.9 Å². The molecule has 7 nitrogen and oxygen atoms in total. The fourth-order valence-corrected chi connectivity index (χ4v) is 4.70. The average molecular weight is 487 g/mol. The van der Waals surface area contributed by atoms with Gasteiger partial charge in [-0.05, 0) is 63.3 Å². The van der Waals surface area contributed by atoms with Crippen LogP contribution in [0.25, 0.3) is 11.3 Å².